The molecule has 2 heterocycles. The second-order valence-corrected chi connectivity index (χ2v) is 7.82. The number of amides is 1. The van der Waals surface area contributed by atoms with Crippen LogP contribution in [-0.4, -0.2) is 90.4 Å². The van der Waals surface area contributed by atoms with Gasteiger partial charge in [0, 0.05) is 25.6 Å². The average Bonchev–Trinajstić information content (AvgIpc) is 2.51. The van der Waals surface area contributed by atoms with Crippen LogP contribution < -0.4 is 0 Å². The van der Waals surface area contributed by atoms with Crippen LogP contribution >= 0.6 is 0 Å². The molecule has 2 aliphatic heterocycles. The molecule has 1 amide bonds. The Balaban J connectivity index is 1.80. The van der Waals surface area contributed by atoms with Crippen LogP contribution in [0.5, 0.6) is 0 Å². The van der Waals surface area contributed by atoms with Gasteiger partial charge in [-0.2, -0.15) is 13.2 Å². The van der Waals surface area contributed by atoms with Gasteiger partial charge in [-0.15, -0.1) is 0 Å². The number of hydrogen-bond donors (Lipinski definition) is 1. The number of nitrogens with zero attached hydrogens (tertiary/aromatic N) is 3. The normalized spacial score (nSPS) is 24.8. The van der Waals surface area contributed by atoms with E-state index in [9.17, 15) is 23.1 Å². The summed E-state index contributed by atoms with van der Waals surface area (Å²) in [6.45, 7) is 0.786. The van der Waals surface area contributed by atoms with Crippen molar-refractivity contribution in [3.05, 3.63) is 35.9 Å². The monoisotopic (exact) mass is 385 g/mol. The summed E-state index contributed by atoms with van der Waals surface area (Å²) in [5.74, 6) is -0.168. The van der Waals surface area contributed by atoms with Crippen molar-refractivity contribution in [2.45, 2.75) is 30.1 Å². The third-order valence-corrected chi connectivity index (χ3v) is 5.55. The highest BCUT2D eigenvalue weighted by atomic mass is 19.4. The summed E-state index contributed by atoms with van der Waals surface area (Å²) in [7, 11) is 3.59. The molecule has 3 rings (SSSR count). The zero-order valence-electron chi connectivity index (χ0n) is 15.6. The second kappa shape index (κ2) is 7.41. The minimum absolute atomic E-state index is 0.0632. The van der Waals surface area contributed by atoms with Crippen LogP contribution in [0.1, 0.15) is 17.9 Å². The fraction of sp³-hybridized carbons (Fsp3) is 0.632. The van der Waals surface area contributed by atoms with Gasteiger partial charge >= 0.3 is 6.18 Å². The molecule has 2 saturated heterocycles. The predicted molar refractivity (Wildman–Crippen MR) is 95.3 cm³/mol. The van der Waals surface area contributed by atoms with Gasteiger partial charge in [0.2, 0.25) is 5.91 Å². The molecule has 0 radical (unpaired) electrons. The molecule has 1 aromatic carbocycles. The summed E-state index contributed by atoms with van der Waals surface area (Å²) < 4.78 is 37.6. The van der Waals surface area contributed by atoms with Crippen molar-refractivity contribution in [3.63, 3.8) is 0 Å². The lowest BCUT2D eigenvalue weighted by Gasteiger charge is -2.71. The molecule has 8 heteroatoms. The first-order valence-corrected chi connectivity index (χ1v) is 9.10. The third-order valence-electron chi connectivity index (χ3n) is 5.55. The van der Waals surface area contributed by atoms with E-state index in [-0.39, 0.29) is 37.6 Å². The number of likely N-dealkylation sites (tertiary alicyclic amines) is 2. The average molecular weight is 385 g/mol. The molecular weight excluding hydrogens is 359 g/mol. The van der Waals surface area contributed by atoms with Gasteiger partial charge in [-0.3, -0.25) is 9.69 Å². The minimum atomic E-state index is -4.19. The summed E-state index contributed by atoms with van der Waals surface area (Å²) in [6, 6.07) is 9.28. The number of aliphatic hydroxyl groups excluding tert-OH is 1. The number of hydrogen-bond acceptors (Lipinski definition) is 4. The van der Waals surface area contributed by atoms with E-state index in [2.05, 4.69) is 0 Å². The van der Waals surface area contributed by atoms with Crippen LogP contribution in [0, 0.1) is 0 Å². The molecule has 0 unspecified atom stereocenters. The Labute approximate surface area is 157 Å². The number of benzene rings is 1. The number of likely N-dealkylation sites (N-methyl/N-ethyl adjacent to an activating group) is 1. The molecule has 2 atom stereocenters. The maximum Gasteiger partial charge on any atom is 0.390 e. The first kappa shape index (κ1) is 20.1. The topological polar surface area (TPSA) is 47.0 Å². The lowest BCUT2D eigenvalue weighted by molar-refractivity contribution is -0.206. The van der Waals surface area contributed by atoms with Crippen molar-refractivity contribution in [2.24, 2.45) is 0 Å². The van der Waals surface area contributed by atoms with Gasteiger partial charge in [0.05, 0.1) is 31.2 Å². The number of halogens is 3. The van der Waals surface area contributed by atoms with E-state index in [1.165, 1.54) is 0 Å². The Hall–Kier alpha value is -1.64. The molecule has 1 aromatic rings. The maximum absolute atomic E-state index is 12.8. The standard InChI is InChI=1S/C19H26F3N3O2/c1-23(2)10-16(27)25-15(11-26)17(14-6-4-3-5-7-14)18(25)12-24(13-18)9-8-19(20,21)22/h3-7,15,17,26H,8-13H2,1-2H3/t15-,17+/m1/s1. The maximum atomic E-state index is 12.8. The quantitative estimate of drug-likeness (QED) is 0.807. The first-order chi connectivity index (χ1) is 12.7. The molecule has 27 heavy (non-hydrogen) atoms. The van der Waals surface area contributed by atoms with Crippen LogP contribution in [-0.2, 0) is 4.79 Å². The molecule has 1 spiro atoms. The van der Waals surface area contributed by atoms with E-state index in [1.54, 1.807) is 28.8 Å². The van der Waals surface area contributed by atoms with Gasteiger partial charge in [-0.25, -0.2) is 0 Å². The summed E-state index contributed by atoms with van der Waals surface area (Å²) in [5, 5.41) is 9.93. The van der Waals surface area contributed by atoms with Gasteiger partial charge in [-0.05, 0) is 19.7 Å². The highest BCUT2D eigenvalue weighted by Crippen LogP contribution is 2.53. The highest BCUT2D eigenvalue weighted by molar-refractivity contribution is 5.82. The zero-order chi connectivity index (χ0) is 19.8. The number of aliphatic hydroxyl groups is 1. The number of alkyl halides is 3. The van der Waals surface area contributed by atoms with Gasteiger partial charge in [0.25, 0.3) is 0 Å². The smallest absolute Gasteiger partial charge is 0.390 e. The summed E-state index contributed by atoms with van der Waals surface area (Å²) >= 11 is 0. The molecule has 0 aromatic heterocycles. The van der Waals surface area contributed by atoms with E-state index in [4.69, 9.17) is 0 Å². The highest BCUT2D eigenvalue weighted by Gasteiger charge is 2.67. The van der Waals surface area contributed by atoms with Crippen molar-refractivity contribution in [1.29, 1.82) is 0 Å². The van der Waals surface area contributed by atoms with Gasteiger partial charge in [0.1, 0.15) is 0 Å². The van der Waals surface area contributed by atoms with Crippen LogP contribution in [0.4, 0.5) is 13.2 Å². The minimum Gasteiger partial charge on any atom is -0.394 e. The molecular formula is C19H26F3N3O2. The molecule has 5 nitrogen and oxygen atoms in total. The fourth-order valence-electron chi connectivity index (χ4n) is 4.59. The van der Waals surface area contributed by atoms with E-state index >= 15 is 0 Å². The van der Waals surface area contributed by atoms with Crippen LogP contribution in [0.15, 0.2) is 30.3 Å². The summed E-state index contributed by atoms with van der Waals surface area (Å²) in [5.41, 5.74) is 0.480. The lowest BCUT2D eigenvalue weighted by Crippen LogP contribution is -2.86. The van der Waals surface area contributed by atoms with Crippen molar-refractivity contribution < 1.29 is 23.1 Å². The number of rotatable bonds is 6. The second-order valence-electron chi connectivity index (χ2n) is 7.82. The van der Waals surface area contributed by atoms with E-state index < -0.39 is 18.1 Å². The van der Waals surface area contributed by atoms with Gasteiger partial charge in [0.15, 0.2) is 0 Å². The predicted octanol–water partition coefficient (Wildman–Crippen LogP) is 1.54. The summed E-state index contributed by atoms with van der Waals surface area (Å²) in [4.78, 5) is 18.0. The lowest BCUT2D eigenvalue weighted by atomic mass is 9.60. The summed E-state index contributed by atoms with van der Waals surface area (Å²) in [6.07, 6.45) is -5.04. The molecule has 0 saturated carbocycles. The fourth-order valence-corrected chi connectivity index (χ4v) is 4.59. The van der Waals surface area contributed by atoms with Crippen LogP contribution in [0.25, 0.3) is 0 Å². The van der Waals surface area contributed by atoms with Crippen LogP contribution in [0.2, 0.25) is 0 Å². The van der Waals surface area contributed by atoms with Crippen LogP contribution in [0.3, 0.4) is 0 Å². The number of carbonyl (C=O) groups excluding carboxylic acids is 1. The third kappa shape index (κ3) is 3.83. The molecule has 150 valence electrons. The van der Waals surface area contributed by atoms with Crippen molar-refractivity contribution in [1.82, 2.24) is 14.7 Å². The Morgan fingerprint density at radius 2 is 1.89 bits per heavy atom. The van der Waals surface area contributed by atoms with Crippen molar-refractivity contribution >= 4 is 5.91 Å². The molecule has 2 fully saturated rings. The van der Waals surface area contributed by atoms with Crippen molar-refractivity contribution in [2.75, 3.05) is 46.9 Å². The van der Waals surface area contributed by atoms with E-state index in [1.807, 2.05) is 30.3 Å². The Morgan fingerprint density at radius 3 is 2.41 bits per heavy atom. The molecule has 2 aliphatic rings. The van der Waals surface area contributed by atoms with Gasteiger partial charge in [-0.1, -0.05) is 30.3 Å². The van der Waals surface area contributed by atoms with Gasteiger partial charge < -0.3 is 14.9 Å². The Bertz CT molecular complexity index is 660. The molecule has 0 aliphatic carbocycles. The molecule has 1 N–H and O–H groups in total. The largest absolute Gasteiger partial charge is 0.394 e. The Kier molecular flexibility index (Phi) is 5.52. The first-order valence-electron chi connectivity index (χ1n) is 9.10. The van der Waals surface area contributed by atoms with Crippen molar-refractivity contribution in [3.8, 4) is 0 Å². The Morgan fingerprint density at radius 1 is 1.26 bits per heavy atom. The number of carbonyl (C=O) groups is 1. The SMILES string of the molecule is CN(C)CC(=O)N1[C@H](CO)[C@H](c2ccccc2)C12CN(CCC(F)(F)F)C2. The zero-order valence-corrected chi connectivity index (χ0v) is 15.6. The van der Waals surface area contributed by atoms with E-state index in [0.717, 1.165) is 5.56 Å². The van der Waals surface area contributed by atoms with E-state index in [0.29, 0.717) is 13.1 Å². The molecule has 0 bridgehead atoms.